The van der Waals surface area contributed by atoms with Crippen molar-refractivity contribution in [1.29, 1.82) is 0 Å². The molecule has 2 atom stereocenters. The van der Waals surface area contributed by atoms with Gasteiger partial charge < -0.3 is 4.74 Å². The van der Waals surface area contributed by atoms with E-state index < -0.39 is 0 Å². The van der Waals surface area contributed by atoms with Crippen molar-refractivity contribution in [3.05, 3.63) is 35.4 Å². The zero-order valence-corrected chi connectivity index (χ0v) is 12.6. The van der Waals surface area contributed by atoms with Gasteiger partial charge in [-0.25, -0.2) is 0 Å². The summed E-state index contributed by atoms with van der Waals surface area (Å²) in [7, 11) is 0. The first-order chi connectivity index (χ1) is 9.26. The molecule has 0 fully saturated rings. The predicted octanol–water partition coefficient (Wildman–Crippen LogP) is 3.40. The molecule has 2 rings (SSSR count). The van der Waals surface area contributed by atoms with Crippen LogP contribution in [0.4, 0.5) is 0 Å². The summed E-state index contributed by atoms with van der Waals surface area (Å²) >= 11 is 0. The van der Waals surface area contributed by atoms with E-state index in [1.165, 1.54) is 11.1 Å². The molecule has 19 heavy (non-hydrogen) atoms. The minimum absolute atomic E-state index is 0.108. The fraction of sp³-hybridized carbons (Fsp3) is 0.625. The Morgan fingerprint density at radius 3 is 1.47 bits per heavy atom. The molecule has 1 aliphatic heterocycles. The molecule has 1 heterocycles. The molecule has 0 saturated heterocycles. The second-order valence-corrected chi connectivity index (χ2v) is 4.91. The van der Waals surface area contributed by atoms with Gasteiger partial charge in [0.05, 0.1) is 0 Å². The minimum atomic E-state index is 0.108. The Balaban J connectivity index is 2.32. The van der Waals surface area contributed by atoms with E-state index in [1.807, 2.05) is 0 Å². The van der Waals surface area contributed by atoms with Crippen LogP contribution in [-0.4, -0.2) is 36.0 Å². The number of fused-ring (bicyclic) bond motifs is 1. The molecule has 0 N–H and O–H groups in total. The van der Waals surface area contributed by atoms with Gasteiger partial charge in [0.1, 0.15) is 12.5 Å². The highest BCUT2D eigenvalue weighted by Gasteiger charge is 2.36. The Kier molecular flexibility index (Phi) is 4.97. The van der Waals surface area contributed by atoms with Crippen LogP contribution < -0.4 is 0 Å². The second-order valence-electron chi connectivity index (χ2n) is 4.91. The molecular formula is C16H26N2O. The first-order valence-corrected chi connectivity index (χ1v) is 7.49. The maximum atomic E-state index is 6.37. The highest BCUT2D eigenvalue weighted by Crippen LogP contribution is 2.42. The molecule has 0 spiro atoms. The molecule has 0 saturated carbocycles. The zero-order chi connectivity index (χ0) is 13.8. The SMILES string of the molecule is CCN(CC)[C@@H]1O[C@@H](N(CC)CC)c2ccccc21. The van der Waals surface area contributed by atoms with Crippen molar-refractivity contribution >= 4 is 0 Å². The lowest BCUT2D eigenvalue weighted by Gasteiger charge is -2.30. The predicted molar refractivity (Wildman–Crippen MR) is 78.9 cm³/mol. The zero-order valence-electron chi connectivity index (χ0n) is 12.6. The van der Waals surface area contributed by atoms with Crippen LogP contribution in [-0.2, 0) is 4.74 Å². The van der Waals surface area contributed by atoms with Crippen molar-refractivity contribution in [1.82, 2.24) is 9.80 Å². The van der Waals surface area contributed by atoms with Gasteiger partial charge in [-0.2, -0.15) is 0 Å². The molecule has 0 bridgehead atoms. The fourth-order valence-electron chi connectivity index (χ4n) is 2.91. The summed E-state index contributed by atoms with van der Waals surface area (Å²) in [6, 6.07) is 8.65. The van der Waals surface area contributed by atoms with Crippen LogP contribution in [0, 0.1) is 0 Å². The third-order valence-corrected chi connectivity index (χ3v) is 4.07. The van der Waals surface area contributed by atoms with E-state index in [1.54, 1.807) is 0 Å². The van der Waals surface area contributed by atoms with E-state index in [-0.39, 0.29) is 12.5 Å². The van der Waals surface area contributed by atoms with Gasteiger partial charge >= 0.3 is 0 Å². The normalized spacial score (nSPS) is 22.2. The van der Waals surface area contributed by atoms with E-state index >= 15 is 0 Å². The summed E-state index contributed by atoms with van der Waals surface area (Å²) in [4.78, 5) is 4.75. The number of benzene rings is 1. The molecule has 106 valence electrons. The van der Waals surface area contributed by atoms with Gasteiger partial charge in [0.2, 0.25) is 0 Å². The maximum Gasteiger partial charge on any atom is 0.139 e. The highest BCUT2D eigenvalue weighted by atomic mass is 16.5. The fourth-order valence-corrected chi connectivity index (χ4v) is 2.91. The maximum absolute atomic E-state index is 6.37. The third kappa shape index (κ3) is 2.69. The number of rotatable bonds is 6. The second kappa shape index (κ2) is 6.51. The van der Waals surface area contributed by atoms with Crippen LogP contribution in [0.5, 0.6) is 0 Å². The standard InChI is InChI=1S/C16H26N2O/c1-5-17(6-2)15-13-11-9-10-12-14(13)16(19-15)18(7-3)8-4/h9-12,15-16H,5-8H2,1-4H3/t15-,16-/m1/s1. The lowest BCUT2D eigenvalue weighted by molar-refractivity contribution is -0.136. The van der Waals surface area contributed by atoms with E-state index in [9.17, 15) is 0 Å². The summed E-state index contributed by atoms with van der Waals surface area (Å²) < 4.78 is 6.37. The van der Waals surface area contributed by atoms with E-state index in [0.717, 1.165) is 26.2 Å². The highest BCUT2D eigenvalue weighted by molar-refractivity contribution is 5.34. The van der Waals surface area contributed by atoms with Gasteiger partial charge in [-0.1, -0.05) is 52.0 Å². The number of hydrogen-bond donors (Lipinski definition) is 0. The quantitative estimate of drug-likeness (QED) is 0.781. The molecule has 0 radical (unpaired) electrons. The smallest absolute Gasteiger partial charge is 0.139 e. The Morgan fingerprint density at radius 2 is 1.16 bits per heavy atom. The lowest BCUT2D eigenvalue weighted by Crippen LogP contribution is -2.32. The van der Waals surface area contributed by atoms with Gasteiger partial charge in [0.15, 0.2) is 0 Å². The first-order valence-electron chi connectivity index (χ1n) is 7.49. The number of ether oxygens (including phenoxy) is 1. The van der Waals surface area contributed by atoms with Gasteiger partial charge in [0, 0.05) is 11.1 Å². The minimum Gasteiger partial charge on any atom is -0.336 e. The summed E-state index contributed by atoms with van der Waals surface area (Å²) in [5.41, 5.74) is 2.67. The van der Waals surface area contributed by atoms with E-state index in [0.29, 0.717) is 0 Å². The molecule has 0 unspecified atom stereocenters. The van der Waals surface area contributed by atoms with Gasteiger partial charge in [-0.3, -0.25) is 9.80 Å². The Morgan fingerprint density at radius 1 is 0.789 bits per heavy atom. The average Bonchev–Trinajstić information content (AvgIpc) is 2.82. The van der Waals surface area contributed by atoms with Crippen LogP contribution in [0.1, 0.15) is 51.3 Å². The van der Waals surface area contributed by atoms with Crippen LogP contribution in [0.3, 0.4) is 0 Å². The van der Waals surface area contributed by atoms with Crippen molar-refractivity contribution < 1.29 is 4.74 Å². The summed E-state index contributed by atoms with van der Waals surface area (Å²) in [5, 5.41) is 0. The van der Waals surface area contributed by atoms with E-state index in [2.05, 4.69) is 61.8 Å². The van der Waals surface area contributed by atoms with Crippen molar-refractivity contribution in [3.63, 3.8) is 0 Å². The molecule has 1 aliphatic rings. The molecule has 1 aromatic carbocycles. The van der Waals surface area contributed by atoms with Crippen LogP contribution in [0.25, 0.3) is 0 Å². The Labute approximate surface area is 117 Å². The number of hydrogen-bond acceptors (Lipinski definition) is 3. The van der Waals surface area contributed by atoms with Crippen molar-refractivity contribution in [3.8, 4) is 0 Å². The molecule has 0 aliphatic carbocycles. The van der Waals surface area contributed by atoms with E-state index in [4.69, 9.17) is 4.74 Å². The molecule has 3 nitrogen and oxygen atoms in total. The number of nitrogens with zero attached hydrogens (tertiary/aromatic N) is 2. The first kappa shape index (κ1) is 14.5. The Bertz CT molecular complexity index is 362. The van der Waals surface area contributed by atoms with Crippen LogP contribution in [0.15, 0.2) is 24.3 Å². The molecule has 0 aromatic heterocycles. The third-order valence-electron chi connectivity index (χ3n) is 4.07. The monoisotopic (exact) mass is 262 g/mol. The van der Waals surface area contributed by atoms with Crippen molar-refractivity contribution in [2.45, 2.75) is 40.2 Å². The van der Waals surface area contributed by atoms with Crippen molar-refractivity contribution in [2.75, 3.05) is 26.2 Å². The van der Waals surface area contributed by atoms with Crippen LogP contribution >= 0.6 is 0 Å². The van der Waals surface area contributed by atoms with Gasteiger partial charge in [-0.05, 0) is 26.2 Å². The van der Waals surface area contributed by atoms with Gasteiger partial charge in [-0.15, -0.1) is 0 Å². The average molecular weight is 262 g/mol. The Hall–Kier alpha value is -0.900. The summed E-state index contributed by atoms with van der Waals surface area (Å²) in [6.07, 6.45) is 0.216. The molecule has 1 aromatic rings. The summed E-state index contributed by atoms with van der Waals surface area (Å²) in [6.45, 7) is 12.8. The molecular weight excluding hydrogens is 236 g/mol. The van der Waals surface area contributed by atoms with Crippen molar-refractivity contribution in [2.24, 2.45) is 0 Å². The molecule has 0 amide bonds. The van der Waals surface area contributed by atoms with Gasteiger partial charge in [0.25, 0.3) is 0 Å². The lowest BCUT2D eigenvalue weighted by atomic mass is 10.1. The largest absolute Gasteiger partial charge is 0.336 e. The topological polar surface area (TPSA) is 15.7 Å². The van der Waals surface area contributed by atoms with Crippen LogP contribution in [0.2, 0.25) is 0 Å². The summed E-state index contributed by atoms with van der Waals surface area (Å²) in [5.74, 6) is 0. The molecule has 3 heteroatoms.